The monoisotopic (exact) mass is 165 g/mol. The molecule has 0 aliphatic heterocycles. The van der Waals surface area contributed by atoms with Gasteiger partial charge in [0.15, 0.2) is 0 Å². The molecule has 0 heterocycles. The van der Waals surface area contributed by atoms with E-state index in [1.807, 2.05) is 0 Å². The van der Waals surface area contributed by atoms with Crippen LogP contribution in [-0.4, -0.2) is 20.5 Å². The Labute approximate surface area is 56.9 Å². The number of nitrogens with one attached hydrogen (secondary N) is 1. The average molecular weight is 165 g/mol. The van der Waals surface area contributed by atoms with E-state index in [0.29, 0.717) is 0 Å². The maximum absolute atomic E-state index is 10.1. The molecule has 0 rings (SSSR count). The number of carbonyl (C=O) groups excluding carboxylic acids is 2. The van der Waals surface area contributed by atoms with E-state index in [0.717, 1.165) is 0 Å². The Kier molecular flexibility index (Phi) is 3.05. The highest BCUT2D eigenvalue weighted by atomic mass is 32.2. The van der Waals surface area contributed by atoms with E-state index in [1.165, 1.54) is 5.32 Å². The van der Waals surface area contributed by atoms with Crippen molar-refractivity contribution in [3.8, 4) is 0 Å². The van der Waals surface area contributed by atoms with Gasteiger partial charge in [-0.05, 0) is 0 Å². The number of amides is 4. The third kappa shape index (κ3) is 4.71. The van der Waals surface area contributed by atoms with Crippen LogP contribution in [-0.2, 0) is 10.5 Å². The number of urea groups is 2. The quantitative estimate of drug-likeness (QED) is 0.470. The molecular weight excluding hydrogens is 162 g/mol. The van der Waals surface area contributed by atoms with Crippen LogP contribution >= 0.6 is 0 Å². The fraction of sp³-hybridized carbons (Fsp3) is 0. The predicted molar refractivity (Wildman–Crippen MR) is 29.5 cm³/mol. The molecule has 3 N–H and O–H groups in total. The standard InChI is InChI=1S/C2H3N3O4S/c3-1(6)4-2(7)5-10(8)9/h(H3,3,4,6,7). The molecule has 0 aliphatic rings. The first-order valence-electron chi connectivity index (χ1n) is 1.94. The van der Waals surface area contributed by atoms with Crippen LogP contribution in [0.2, 0.25) is 0 Å². The number of rotatable bonds is 0. The van der Waals surface area contributed by atoms with Gasteiger partial charge in [-0.15, -0.1) is 0 Å². The molecule has 0 radical (unpaired) electrons. The zero-order valence-electron chi connectivity index (χ0n) is 4.57. The van der Waals surface area contributed by atoms with E-state index in [9.17, 15) is 18.0 Å². The summed E-state index contributed by atoms with van der Waals surface area (Å²) in [6.45, 7) is 0. The second-order valence-corrected chi connectivity index (χ2v) is 1.72. The Morgan fingerprint density at radius 2 is 1.90 bits per heavy atom. The Balaban J connectivity index is 4.14. The van der Waals surface area contributed by atoms with Crippen molar-refractivity contribution in [1.82, 2.24) is 5.32 Å². The van der Waals surface area contributed by atoms with Crippen molar-refractivity contribution in [2.24, 2.45) is 10.1 Å². The lowest BCUT2D eigenvalue weighted by molar-refractivity contribution is 0.237. The molecule has 0 spiro atoms. The summed E-state index contributed by atoms with van der Waals surface area (Å²) in [5.41, 5.74) is 4.44. The van der Waals surface area contributed by atoms with E-state index >= 15 is 0 Å². The number of nitrogens with zero attached hydrogens (tertiary/aromatic N) is 1. The lowest BCUT2D eigenvalue weighted by atomic mass is 10.9. The molecule has 10 heavy (non-hydrogen) atoms. The number of imide groups is 1. The molecule has 0 aromatic rings. The lowest BCUT2D eigenvalue weighted by Gasteiger charge is -1.87. The normalized spacial score (nSPS) is 8.00. The van der Waals surface area contributed by atoms with Crippen molar-refractivity contribution < 1.29 is 18.0 Å². The minimum atomic E-state index is -2.86. The molecule has 0 fully saturated rings. The molecule has 56 valence electrons. The van der Waals surface area contributed by atoms with Gasteiger partial charge in [0.25, 0.3) is 0 Å². The zero-order chi connectivity index (χ0) is 8.15. The summed E-state index contributed by atoms with van der Waals surface area (Å²) < 4.78 is 21.6. The van der Waals surface area contributed by atoms with Crippen LogP contribution in [0.3, 0.4) is 0 Å². The molecule has 4 amide bonds. The summed E-state index contributed by atoms with van der Waals surface area (Å²) >= 11 is 0. The minimum Gasteiger partial charge on any atom is -0.351 e. The molecule has 0 unspecified atom stereocenters. The van der Waals surface area contributed by atoms with Crippen LogP contribution in [0.5, 0.6) is 0 Å². The van der Waals surface area contributed by atoms with Crippen molar-refractivity contribution in [2.45, 2.75) is 0 Å². The van der Waals surface area contributed by atoms with Gasteiger partial charge in [-0.3, -0.25) is 5.32 Å². The molecule has 0 aliphatic carbocycles. The van der Waals surface area contributed by atoms with Crippen molar-refractivity contribution >= 4 is 22.6 Å². The van der Waals surface area contributed by atoms with Crippen LogP contribution in [0.1, 0.15) is 0 Å². The smallest absolute Gasteiger partial charge is 0.351 e. The van der Waals surface area contributed by atoms with Crippen molar-refractivity contribution in [3.05, 3.63) is 0 Å². The predicted octanol–water partition coefficient (Wildman–Crippen LogP) is -1.16. The minimum absolute atomic E-state index is 1.15. The van der Waals surface area contributed by atoms with Gasteiger partial charge in [-0.1, -0.05) is 4.36 Å². The van der Waals surface area contributed by atoms with Crippen LogP contribution < -0.4 is 11.1 Å². The first-order chi connectivity index (χ1) is 4.52. The van der Waals surface area contributed by atoms with Crippen LogP contribution in [0.15, 0.2) is 4.36 Å². The van der Waals surface area contributed by atoms with Crippen LogP contribution in [0.4, 0.5) is 9.59 Å². The highest BCUT2D eigenvalue weighted by Crippen LogP contribution is 1.70. The van der Waals surface area contributed by atoms with Gasteiger partial charge in [0.2, 0.25) is 0 Å². The third-order valence-corrected chi connectivity index (χ3v) is 0.702. The van der Waals surface area contributed by atoms with Crippen molar-refractivity contribution in [1.29, 1.82) is 0 Å². The van der Waals surface area contributed by atoms with E-state index in [-0.39, 0.29) is 0 Å². The maximum Gasteiger partial charge on any atom is 0.364 e. The summed E-state index contributed by atoms with van der Waals surface area (Å²) in [6.07, 6.45) is 0. The molecule has 0 bridgehead atoms. The van der Waals surface area contributed by atoms with Gasteiger partial charge in [0.1, 0.15) is 0 Å². The molecule has 8 heteroatoms. The SMILES string of the molecule is NC(=O)NC(=O)N=S(=O)=O. The molecule has 7 nitrogen and oxygen atoms in total. The van der Waals surface area contributed by atoms with Crippen molar-refractivity contribution in [3.63, 3.8) is 0 Å². The van der Waals surface area contributed by atoms with Gasteiger partial charge < -0.3 is 5.73 Å². The molecule has 0 atom stereocenters. The Hall–Kier alpha value is -1.44. The molecule has 0 saturated carbocycles. The van der Waals surface area contributed by atoms with Gasteiger partial charge >= 0.3 is 22.6 Å². The summed E-state index contributed by atoms with van der Waals surface area (Å²) in [5, 5.41) is 1.41. The number of primary amides is 1. The fourth-order valence-corrected chi connectivity index (χ4v) is 0.377. The number of carbonyl (C=O) groups is 2. The van der Waals surface area contributed by atoms with E-state index < -0.39 is 22.6 Å². The highest BCUT2D eigenvalue weighted by Gasteiger charge is 1.99. The molecule has 0 aromatic heterocycles. The van der Waals surface area contributed by atoms with Gasteiger partial charge in [-0.25, -0.2) is 9.59 Å². The molecule has 0 saturated heterocycles. The summed E-state index contributed by atoms with van der Waals surface area (Å²) in [5.74, 6) is 0. The highest BCUT2D eigenvalue weighted by molar-refractivity contribution is 7.62. The van der Waals surface area contributed by atoms with Gasteiger partial charge in [0.05, 0.1) is 0 Å². The Morgan fingerprint density at radius 3 is 2.20 bits per heavy atom. The zero-order valence-corrected chi connectivity index (χ0v) is 5.38. The van der Waals surface area contributed by atoms with Crippen LogP contribution in [0.25, 0.3) is 0 Å². The number of nitrogens with two attached hydrogens (primary N) is 1. The van der Waals surface area contributed by atoms with E-state index in [2.05, 4.69) is 10.1 Å². The Morgan fingerprint density at radius 1 is 1.40 bits per heavy atom. The van der Waals surface area contributed by atoms with Gasteiger partial charge in [0, 0.05) is 0 Å². The largest absolute Gasteiger partial charge is 0.364 e. The lowest BCUT2D eigenvalue weighted by Crippen LogP contribution is -2.32. The van der Waals surface area contributed by atoms with Crippen LogP contribution in [0, 0.1) is 0 Å². The first kappa shape index (κ1) is 8.56. The Bertz CT molecular complexity index is 269. The summed E-state index contributed by atoms with van der Waals surface area (Å²) in [6, 6.07) is -2.46. The summed E-state index contributed by atoms with van der Waals surface area (Å²) in [4.78, 5) is 19.9. The molecular formula is C2H3N3O4S. The van der Waals surface area contributed by atoms with E-state index in [4.69, 9.17) is 0 Å². The molecule has 0 aromatic carbocycles. The second-order valence-electron chi connectivity index (χ2n) is 1.10. The third-order valence-electron chi connectivity index (χ3n) is 0.388. The topological polar surface area (TPSA) is 119 Å². The second kappa shape index (κ2) is 3.56. The van der Waals surface area contributed by atoms with Crippen molar-refractivity contribution in [2.75, 3.05) is 0 Å². The average Bonchev–Trinajstić information content (AvgIpc) is 1.58. The number of hydrogen-bond donors (Lipinski definition) is 2. The van der Waals surface area contributed by atoms with Gasteiger partial charge in [-0.2, -0.15) is 8.42 Å². The maximum atomic E-state index is 10.1. The van der Waals surface area contributed by atoms with E-state index in [1.54, 1.807) is 0 Å². The summed E-state index contributed by atoms with van der Waals surface area (Å²) in [7, 11) is -2.86. The first-order valence-corrected chi connectivity index (χ1v) is 2.97. The number of hydrogen-bond acceptors (Lipinski definition) is 4. The fourth-order valence-electron chi connectivity index (χ4n) is 0.196.